The zero-order valence-electron chi connectivity index (χ0n) is 15.7. The lowest BCUT2D eigenvalue weighted by molar-refractivity contribution is -0.120. The number of carbonyl (C=O) groups excluding carboxylic acids is 2. The summed E-state index contributed by atoms with van der Waals surface area (Å²) in [5, 5.41) is 3.15. The van der Waals surface area contributed by atoms with Crippen LogP contribution in [0.3, 0.4) is 0 Å². The molecular formula is C19H25N3O3S. The summed E-state index contributed by atoms with van der Waals surface area (Å²) in [6.45, 7) is 7.63. The van der Waals surface area contributed by atoms with Crippen LogP contribution in [0.25, 0.3) is 0 Å². The molecule has 2 aromatic rings. The number of hydrogen-bond acceptors (Lipinski definition) is 6. The monoisotopic (exact) mass is 375 g/mol. The molecule has 0 aliphatic heterocycles. The Balaban J connectivity index is 2.21. The van der Waals surface area contributed by atoms with Gasteiger partial charge in [0.05, 0.1) is 18.7 Å². The summed E-state index contributed by atoms with van der Waals surface area (Å²) in [6.07, 6.45) is 0. The highest BCUT2D eigenvalue weighted by Gasteiger charge is 2.29. The highest BCUT2D eigenvalue weighted by atomic mass is 32.1. The molecule has 1 aromatic heterocycles. The van der Waals surface area contributed by atoms with Gasteiger partial charge in [0.15, 0.2) is 5.13 Å². The Kier molecular flexibility index (Phi) is 6.15. The Morgan fingerprint density at radius 2 is 1.85 bits per heavy atom. The van der Waals surface area contributed by atoms with Gasteiger partial charge in [-0.25, -0.2) is 9.78 Å². The molecule has 0 spiro atoms. The molecule has 0 aliphatic rings. The summed E-state index contributed by atoms with van der Waals surface area (Å²) in [7, 11) is 1.33. The van der Waals surface area contributed by atoms with Crippen LogP contribution in [0.1, 0.15) is 54.7 Å². The van der Waals surface area contributed by atoms with Gasteiger partial charge < -0.3 is 15.8 Å². The highest BCUT2D eigenvalue weighted by Crippen LogP contribution is 2.33. The molecule has 2 atom stereocenters. The van der Waals surface area contributed by atoms with Gasteiger partial charge in [-0.1, -0.05) is 69.4 Å². The fraction of sp³-hybridized carbons (Fsp3) is 0.421. The molecule has 3 N–H and O–H groups in total. The maximum atomic E-state index is 12.6. The second-order valence-electron chi connectivity index (χ2n) is 7.15. The molecule has 1 heterocycles. The van der Waals surface area contributed by atoms with E-state index in [1.807, 2.05) is 51.1 Å². The van der Waals surface area contributed by atoms with E-state index in [4.69, 9.17) is 10.5 Å². The summed E-state index contributed by atoms with van der Waals surface area (Å²) in [5.74, 6) is -1.16. The minimum absolute atomic E-state index is 0.244. The number of carbonyl (C=O) groups is 2. The molecule has 1 amide bonds. The van der Waals surface area contributed by atoms with Crippen molar-refractivity contribution in [3.05, 3.63) is 46.5 Å². The van der Waals surface area contributed by atoms with Crippen molar-refractivity contribution >= 4 is 28.3 Å². The Morgan fingerprint density at radius 1 is 1.23 bits per heavy atom. The Bertz CT molecular complexity index is 781. The third-order valence-corrected chi connectivity index (χ3v) is 5.03. The highest BCUT2D eigenvalue weighted by molar-refractivity contribution is 7.17. The van der Waals surface area contributed by atoms with Gasteiger partial charge in [-0.15, -0.1) is 0 Å². The number of nitrogens with zero attached hydrogens (tertiary/aromatic N) is 1. The van der Waals surface area contributed by atoms with Crippen LogP contribution in [0.4, 0.5) is 5.13 Å². The average molecular weight is 375 g/mol. The van der Waals surface area contributed by atoms with Crippen LogP contribution in [0, 0.1) is 5.92 Å². The van der Waals surface area contributed by atoms with E-state index < -0.39 is 17.9 Å². The van der Waals surface area contributed by atoms with Crippen molar-refractivity contribution in [1.29, 1.82) is 0 Å². The third-order valence-electron chi connectivity index (χ3n) is 4.08. The number of nitrogens with one attached hydrogen (secondary N) is 1. The molecule has 0 fully saturated rings. The standard InChI is InChI=1S/C19H25N3O3S/c1-11(13(20)12-9-7-6-8-10-12)16(23)22-18-21-15(19(2,3)4)14(26-18)17(24)25-5/h6-11,13H,20H2,1-5H3,(H,21,22,23). The SMILES string of the molecule is COC(=O)c1sc(NC(=O)C(C)C(N)c2ccccc2)nc1C(C)(C)C. The first-order chi connectivity index (χ1) is 12.1. The molecular weight excluding hydrogens is 350 g/mol. The number of benzene rings is 1. The first-order valence-corrected chi connectivity index (χ1v) is 9.17. The van der Waals surface area contributed by atoms with Gasteiger partial charge in [-0.2, -0.15) is 0 Å². The van der Waals surface area contributed by atoms with Crippen LogP contribution in [-0.2, 0) is 14.9 Å². The lowest BCUT2D eigenvalue weighted by Crippen LogP contribution is -2.30. The van der Waals surface area contributed by atoms with E-state index in [-0.39, 0.29) is 11.3 Å². The number of amides is 1. The molecule has 2 unspecified atom stereocenters. The van der Waals surface area contributed by atoms with Crippen LogP contribution in [0.2, 0.25) is 0 Å². The van der Waals surface area contributed by atoms with Crippen LogP contribution in [0.5, 0.6) is 0 Å². The summed E-state index contributed by atoms with van der Waals surface area (Å²) in [4.78, 5) is 29.5. The molecule has 0 saturated heterocycles. The molecule has 0 aliphatic carbocycles. The summed E-state index contributed by atoms with van der Waals surface area (Å²) in [6, 6.07) is 9.03. The van der Waals surface area contributed by atoms with E-state index in [0.29, 0.717) is 15.7 Å². The molecule has 26 heavy (non-hydrogen) atoms. The number of aromatic nitrogens is 1. The Hall–Kier alpha value is -2.25. The van der Waals surface area contributed by atoms with Crippen molar-refractivity contribution in [2.45, 2.75) is 39.2 Å². The lowest BCUT2D eigenvalue weighted by Gasteiger charge is -2.19. The fourth-order valence-electron chi connectivity index (χ4n) is 2.46. The van der Waals surface area contributed by atoms with E-state index in [2.05, 4.69) is 10.3 Å². The minimum atomic E-state index is -0.457. The molecule has 2 rings (SSSR count). The molecule has 7 heteroatoms. The second kappa shape index (κ2) is 7.97. The van der Waals surface area contributed by atoms with Crippen molar-refractivity contribution in [2.24, 2.45) is 11.7 Å². The molecule has 0 radical (unpaired) electrons. The maximum Gasteiger partial charge on any atom is 0.350 e. The number of hydrogen-bond donors (Lipinski definition) is 2. The molecule has 0 saturated carbocycles. The number of anilines is 1. The minimum Gasteiger partial charge on any atom is -0.465 e. The lowest BCUT2D eigenvalue weighted by atomic mass is 9.91. The van der Waals surface area contributed by atoms with E-state index in [1.165, 1.54) is 7.11 Å². The third kappa shape index (κ3) is 4.47. The first-order valence-electron chi connectivity index (χ1n) is 8.36. The van der Waals surface area contributed by atoms with Gasteiger partial charge in [0, 0.05) is 11.5 Å². The number of ether oxygens (including phenoxy) is 1. The largest absolute Gasteiger partial charge is 0.465 e. The predicted octanol–water partition coefficient (Wildman–Crippen LogP) is 3.50. The van der Waals surface area contributed by atoms with Crippen LogP contribution < -0.4 is 11.1 Å². The van der Waals surface area contributed by atoms with Crippen molar-refractivity contribution in [2.75, 3.05) is 12.4 Å². The van der Waals surface area contributed by atoms with E-state index in [9.17, 15) is 9.59 Å². The fourth-order valence-corrected chi connectivity index (χ4v) is 3.56. The van der Waals surface area contributed by atoms with Crippen LogP contribution in [-0.4, -0.2) is 24.0 Å². The van der Waals surface area contributed by atoms with Gasteiger partial charge in [0.1, 0.15) is 4.88 Å². The van der Waals surface area contributed by atoms with Crippen molar-refractivity contribution in [3.63, 3.8) is 0 Å². The van der Waals surface area contributed by atoms with Crippen LogP contribution in [0.15, 0.2) is 30.3 Å². The van der Waals surface area contributed by atoms with Gasteiger partial charge in [0.2, 0.25) is 5.91 Å². The average Bonchev–Trinajstić information content (AvgIpc) is 3.04. The maximum absolute atomic E-state index is 12.6. The topological polar surface area (TPSA) is 94.3 Å². The van der Waals surface area contributed by atoms with Gasteiger partial charge in [-0.05, 0) is 5.56 Å². The summed E-state index contributed by atoms with van der Waals surface area (Å²) < 4.78 is 4.83. The Morgan fingerprint density at radius 3 is 2.38 bits per heavy atom. The van der Waals surface area contributed by atoms with Crippen molar-refractivity contribution < 1.29 is 14.3 Å². The molecule has 0 bridgehead atoms. The number of rotatable bonds is 5. The number of thiazole rings is 1. The zero-order chi connectivity index (χ0) is 19.5. The van der Waals surface area contributed by atoms with Gasteiger partial charge in [0.25, 0.3) is 0 Å². The molecule has 1 aromatic carbocycles. The first kappa shape index (κ1) is 20.1. The molecule has 6 nitrogen and oxygen atoms in total. The number of esters is 1. The number of methoxy groups -OCH3 is 1. The van der Waals surface area contributed by atoms with Crippen molar-refractivity contribution in [1.82, 2.24) is 4.98 Å². The van der Waals surface area contributed by atoms with Gasteiger partial charge in [-0.3, -0.25) is 4.79 Å². The van der Waals surface area contributed by atoms with E-state index >= 15 is 0 Å². The number of nitrogens with two attached hydrogens (primary N) is 1. The predicted molar refractivity (Wildman–Crippen MR) is 103 cm³/mol. The second-order valence-corrected chi connectivity index (χ2v) is 8.15. The van der Waals surface area contributed by atoms with Crippen LogP contribution >= 0.6 is 11.3 Å². The Labute approximate surface area is 157 Å². The van der Waals surface area contributed by atoms with Crippen molar-refractivity contribution in [3.8, 4) is 0 Å². The smallest absolute Gasteiger partial charge is 0.350 e. The van der Waals surface area contributed by atoms with E-state index in [0.717, 1.165) is 16.9 Å². The zero-order valence-corrected chi connectivity index (χ0v) is 16.5. The quantitative estimate of drug-likeness (QED) is 0.780. The summed E-state index contributed by atoms with van der Waals surface area (Å²) >= 11 is 1.11. The summed E-state index contributed by atoms with van der Waals surface area (Å²) in [5.41, 5.74) is 7.35. The normalized spacial score (nSPS) is 13.8. The molecule has 140 valence electrons. The van der Waals surface area contributed by atoms with Gasteiger partial charge >= 0.3 is 5.97 Å². The van der Waals surface area contributed by atoms with E-state index in [1.54, 1.807) is 6.92 Å².